The quantitative estimate of drug-likeness (QED) is 0.890. The van der Waals surface area contributed by atoms with Crippen LogP contribution in [0.4, 0.5) is 0 Å². The largest absolute Gasteiger partial charge is 0.347 e. The summed E-state index contributed by atoms with van der Waals surface area (Å²) in [4.78, 5) is 0. The third kappa shape index (κ3) is 2.24. The average Bonchev–Trinajstić information content (AvgIpc) is 3.03. The van der Waals surface area contributed by atoms with Gasteiger partial charge in [-0.25, -0.2) is 0 Å². The summed E-state index contributed by atoms with van der Waals surface area (Å²) in [5.41, 5.74) is 8.50. The molecule has 3 heteroatoms. The number of aromatic nitrogens is 1. The lowest BCUT2D eigenvalue weighted by Gasteiger charge is -2.13. The van der Waals surface area contributed by atoms with Crippen LogP contribution in [0, 0.1) is 16.7 Å². The van der Waals surface area contributed by atoms with E-state index in [2.05, 4.69) is 41.1 Å². The van der Waals surface area contributed by atoms with Crippen molar-refractivity contribution in [2.24, 2.45) is 11.1 Å². The van der Waals surface area contributed by atoms with Gasteiger partial charge >= 0.3 is 0 Å². The molecular formula is C16H19N3. The van der Waals surface area contributed by atoms with E-state index in [9.17, 15) is 0 Å². The number of rotatable bonds is 5. The van der Waals surface area contributed by atoms with Gasteiger partial charge in [-0.05, 0) is 43.5 Å². The van der Waals surface area contributed by atoms with Crippen molar-refractivity contribution < 1.29 is 0 Å². The molecule has 0 amide bonds. The van der Waals surface area contributed by atoms with Crippen LogP contribution in [-0.4, -0.2) is 11.1 Å². The molecule has 1 aromatic heterocycles. The standard InChI is InChI=1S/C16H19N3/c17-9-4-13-2-1-3-15-14(13)5-11-19(15)12-16(6-7-16)8-10-18/h1-3,5,11H,4,6-9,12,17H2. The Bertz CT molecular complexity index is 629. The van der Waals surface area contributed by atoms with E-state index in [1.807, 2.05) is 0 Å². The molecule has 2 aromatic rings. The summed E-state index contributed by atoms with van der Waals surface area (Å²) in [6, 6.07) is 10.9. The molecule has 19 heavy (non-hydrogen) atoms. The van der Waals surface area contributed by atoms with E-state index in [4.69, 9.17) is 11.0 Å². The van der Waals surface area contributed by atoms with Crippen molar-refractivity contribution in [2.75, 3.05) is 6.54 Å². The summed E-state index contributed by atoms with van der Waals surface area (Å²) in [5, 5.41) is 10.2. The van der Waals surface area contributed by atoms with Crippen molar-refractivity contribution >= 4 is 10.9 Å². The van der Waals surface area contributed by atoms with Gasteiger partial charge in [0.2, 0.25) is 0 Å². The van der Waals surface area contributed by atoms with Gasteiger partial charge in [-0.1, -0.05) is 12.1 Å². The molecule has 1 aliphatic rings. The minimum absolute atomic E-state index is 0.241. The fraction of sp³-hybridized carbons (Fsp3) is 0.438. The van der Waals surface area contributed by atoms with E-state index in [0.29, 0.717) is 13.0 Å². The lowest BCUT2D eigenvalue weighted by molar-refractivity contribution is 0.440. The molecule has 0 spiro atoms. The summed E-state index contributed by atoms with van der Waals surface area (Å²) in [5.74, 6) is 0. The molecule has 0 bridgehead atoms. The maximum absolute atomic E-state index is 8.92. The molecule has 3 nitrogen and oxygen atoms in total. The molecule has 1 heterocycles. The van der Waals surface area contributed by atoms with Crippen LogP contribution in [0.15, 0.2) is 30.5 Å². The Kier molecular flexibility index (Phi) is 3.04. The predicted molar refractivity (Wildman–Crippen MR) is 76.6 cm³/mol. The van der Waals surface area contributed by atoms with Crippen LogP contribution in [0.3, 0.4) is 0 Å². The average molecular weight is 253 g/mol. The Labute approximate surface area is 113 Å². The Morgan fingerprint density at radius 3 is 2.84 bits per heavy atom. The second-order valence-corrected chi connectivity index (χ2v) is 5.67. The Hall–Kier alpha value is -1.79. The monoisotopic (exact) mass is 253 g/mol. The van der Waals surface area contributed by atoms with Gasteiger partial charge < -0.3 is 10.3 Å². The fourth-order valence-electron chi connectivity index (χ4n) is 2.90. The number of nitrogens with zero attached hydrogens (tertiary/aromatic N) is 2. The van der Waals surface area contributed by atoms with E-state index in [0.717, 1.165) is 13.0 Å². The van der Waals surface area contributed by atoms with Crippen molar-refractivity contribution in [3.8, 4) is 6.07 Å². The Morgan fingerprint density at radius 2 is 2.16 bits per heavy atom. The zero-order valence-electron chi connectivity index (χ0n) is 11.1. The first-order chi connectivity index (χ1) is 9.28. The van der Waals surface area contributed by atoms with Gasteiger partial charge in [0.25, 0.3) is 0 Å². The number of nitrogens with two attached hydrogens (primary N) is 1. The molecule has 1 saturated carbocycles. The van der Waals surface area contributed by atoms with Crippen LogP contribution < -0.4 is 5.73 Å². The van der Waals surface area contributed by atoms with Gasteiger partial charge in [0.15, 0.2) is 0 Å². The molecule has 0 saturated heterocycles. The topological polar surface area (TPSA) is 54.7 Å². The summed E-state index contributed by atoms with van der Waals surface area (Å²) in [6.45, 7) is 1.65. The van der Waals surface area contributed by atoms with Crippen molar-refractivity contribution in [1.82, 2.24) is 4.57 Å². The van der Waals surface area contributed by atoms with Gasteiger partial charge in [0.05, 0.1) is 6.07 Å². The maximum Gasteiger partial charge on any atom is 0.0628 e. The minimum atomic E-state index is 0.241. The zero-order chi connectivity index (χ0) is 13.3. The van der Waals surface area contributed by atoms with Crippen LogP contribution in [0.2, 0.25) is 0 Å². The normalized spacial score (nSPS) is 16.4. The van der Waals surface area contributed by atoms with Gasteiger partial charge in [-0.2, -0.15) is 5.26 Å². The maximum atomic E-state index is 8.92. The lowest BCUT2D eigenvalue weighted by Crippen LogP contribution is -2.10. The minimum Gasteiger partial charge on any atom is -0.347 e. The van der Waals surface area contributed by atoms with Crippen molar-refractivity contribution in [1.29, 1.82) is 5.26 Å². The highest BCUT2D eigenvalue weighted by Crippen LogP contribution is 2.50. The van der Waals surface area contributed by atoms with Gasteiger partial charge in [0, 0.05) is 35.5 Å². The number of hydrogen-bond acceptors (Lipinski definition) is 2. The second-order valence-electron chi connectivity index (χ2n) is 5.67. The molecular weight excluding hydrogens is 234 g/mol. The van der Waals surface area contributed by atoms with E-state index in [-0.39, 0.29) is 5.41 Å². The first-order valence-electron chi connectivity index (χ1n) is 6.92. The molecule has 0 unspecified atom stereocenters. The first kappa shape index (κ1) is 12.3. The molecule has 98 valence electrons. The molecule has 0 radical (unpaired) electrons. The lowest BCUT2D eigenvalue weighted by atomic mass is 10.0. The summed E-state index contributed by atoms with van der Waals surface area (Å²) < 4.78 is 2.31. The SMILES string of the molecule is N#CCC1(Cn2ccc3c(CCN)cccc32)CC1. The third-order valence-corrected chi connectivity index (χ3v) is 4.23. The van der Waals surface area contributed by atoms with Crippen LogP contribution in [0.25, 0.3) is 10.9 Å². The highest BCUT2D eigenvalue weighted by molar-refractivity contribution is 5.83. The Morgan fingerprint density at radius 1 is 1.32 bits per heavy atom. The van der Waals surface area contributed by atoms with Crippen LogP contribution in [-0.2, 0) is 13.0 Å². The van der Waals surface area contributed by atoms with Gasteiger partial charge in [-0.15, -0.1) is 0 Å². The molecule has 0 atom stereocenters. The smallest absolute Gasteiger partial charge is 0.0628 e. The predicted octanol–water partition coefficient (Wildman–Crippen LogP) is 2.84. The second kappa shape index (κ2) is 4.71. The summed E-state index contributed by atoms with van der Waals surface area (Å²) in [6.07, 6.45) is 6.12. The molecule has 2 N–H and O–H groups in total. The van der Waals surface area contributed by atoms with Crippen LogP contribution >= 0.6 is 0 Å². The number of hydrogen-bond donors (Lipinski definition) is 1. The van der Waals surface area contributed by atoms with E-state index in [1.54, 1.807) is 0 Å². The highest BCUT2D eigenvalue weighted by Gasteiger charge is 2.42. The van der Waals surface area contributed by atoms with Crippen LogP contribution in [0.1, 0.15) is 24.8 Å². The molecule has 1 aliphatic carbocycles. The number of fused-ring (bicyclic) bond motifs is 1. The molecule has 1 aromatic carbocycles. The van der Waals surface area contributed by atoms with E-state index in [1.165, 1.54) is 29.3 Å². The van der Waals surface area contributed by atoms with E-state index < -0.39 is 0 Å². The zero-order valence-corrected chi connectivity index (χ0v) is 11.1. The van der Waals surface area contributed by atoms with Crippen LogP contribution in [0.5, 0.6) is 0 Å². The summed E-state index contributed by atoms with van der Waals surface area (Å²) in [7, 11) is 0. The highest BCUT2D eigenvalue weighted by atomic mass is 15.0. The van der Waals surface area contributed by atoms with Crippen molar-refractivity contribution in [2.45, 2.75) is 32.2 Å². The number of nitriles is 1. The molecule has 1 fully saturated rings. The van der Waals surface area contributed by atoms with Crippen molar-refractivity contribution in [3.05, 3.63) is 36.0 Å². The van der Waals surface area contributed by atoms with Crippen molar-refractivity contribution in [3.63, 3.8) is 0 Å². The summed E-state index contributed by atoms with van der Waals surface area (Å²) >= 11 is 0. The number of benzene rings is 1. The van der Waals surface area contributed by atoms with Gasteiger partial charge in [-0.3, -0.25) is 0 Å². The fourth-order valence-corrected chi connectivity index (χ4v) is 2.90. The van der Waals surface area contributed by atoms with Gasteiger partial charge in [0.1, 0.15) is 0 Å². The first-order valence-corrected chi connectivity index (χ1v) is 6.92. The molecule has 0 aliphatic heterocycles. The molecule has 3 rings (SSSR count). The Balaban J connectivity index is 1.93. The third-order valence-electron chi connectivity index (χ3n) is 4.23. The van der Waals surface area contributed by atoms with E-state index >= 15 is 0 Å².